The van der Waals surface area contributed by atoms with Crippen LogP contribution in [-0.4, -0.2) is 36.2 Å². The molecule has 8 nitrogen and oxygen atoms in total. The zero-order chi connectivity index (χ0) is 13.3. The fraction of sp³-hybridized carbons (Fsp3) is 0.500. The molecule has 0 aliphatic heterocycles. The Labute approximate surface area is 103 Å². The highest BCUT2D eigenvalue weighted by atomic mass is 16.5. The third kappa shape index (κ3) is 2.53. The van der Waals surface area contributed by atoms with Crippen molar-refractivity contribution in [3.63, 3.8) is 0 Å². The largest absolute Gasteiger partial charge is 0.476 e. The predicted octanol–water partition coefficient (Wildman–Crippen LogP) is 0.705. The minimum Gasteiger partial charge on any atom is -0.476 e. The highest BCUT2D eigenvalue weighted by Crippen LogP contribution is 2.19. The number of rotatable bonds is 3. The maximum Gasteiger partial charge on any atom is 0.358 e. The van der Waals surface area contributed by atoms with Gasteiger partial charge in [0.25, 0.3) is 0 Å². The summed E-state index contributed by atoms with van der Waals surface area (Å²) in [5.74, 6) is -0.164. The number of carbonyl (C=O) groups is 1. The van der Waals surface area contributed by atoms with Gasteiger partial charge in [-0.3, -0.25) is 0 Å². The van der Waals surface area contributed by atoms with Gasteiger partial charge in [-0.05, 0) is 0 Å². The van der Waals surface area contributed by atoms with Crippen LogP contribution in [0.25, 0.3) is 0 Å². The standard InChI is InChI=1S/C10H13N5O3/c1-10(2,3)9-11-7(13-18-9)5-15-4-6(8(16)17)12-14-15/h4H,5H2,1-3H3,(H,16,17). The molecule has 2 rings (SSSR count). The summed E-state index contributed by atoms with van der Waals surface area (Å²) in [6.45, 7) is 6.10. The number of hydrogen-bond acceptors (Lipinski definition) is 6. The second-order valence-corrected chi connectivity index (χ2v) is 4.87. The Balaban J connectivity index is 2.14. The molecule has 8 heteroatoms. The summed E-state index contributed by atoms with van der Waals surface area (Å²) in [5, 5.41) is 19.7. The Bertz CT molecular complexity index is 566. The van der Waals surface area contributed by atoms with Crippen LogP contribution in [0.5, 0.6) is 0 Å². The lowest BCUT2D eigenvalue weighted by molar-refractivity contribution is 0.0690. The normalized spacial score (nSPS) is 11.7. The zero-order valence-electron chi connectivity index (χ0n) is 10.3. The lowest BCUT2D eigenvalue weighted by Gasteiger charge is -2.10. The van der Waals surface area contributed by atoms with Gasteiger partial charge in [0.1, 0.15) is 6.54 Å². The number of carboxylic acid groups (broad SMARTS) is 1. The molecule has 0 saturated heterocycles. The van der Waals surface area contributed by atoms with Gasteiger partial charge in [-0.1, -0.05) is 31.1 Å². The molecule has 0 fully saturated rings. The van der Waals surface area contributed by atoms with Gasteiger partial charge < -0.3 is 9.63 Å². The van der Waals surface area contributed by atoms with Gasteiger partial charge in [-0.2, -0.15) is 4.98 Å². The molecule has 2 heterocycles. The van der Waals surface area contributed by atoms with Crippen molar-refractivity contribution in [2.45, 2.75) is 32.7 Å². The van der Waals surface area contributed by atoms with Crippen molar-refractivity contribution < 1.29 is 14.4 Å². The topological polar surface area (TPSA) is 107 Å². The van der Waals surface area contributed by atoms with Crippen molar-refractivity contribution in [3.05, 3.63) is 23.6 Å². The second kappa shape index (κ2) is 4.21. The highest BCUT2D eigenvalue weighted by Gasteiger charge is 2.22. The van der Waals surface area contributed by atoms with Crippen LogP contribution in [0.2, 0.25) is 0 Å². The maximum atomic E-state index is 10.6. The lowest BCUT2D eigenvalue weighted by atomic mass is 9.97. The van der Waals surface area contributed by atoms with Crippen LogP contribution >= 0.6 is 0 Å². The van der Waals surface area contributed by atoms with Crippen molar-refractivity contribution in [1.82, 2.24) is 25.1 Å². The first kappa shape index (κ1) is 12.2. The maximum absolute atomic E-state index is 10.6. The van der Waals surface area contributed by atoms with Crippen LogP contribution in [0.15, 0.2) is 10.7 Å². The van der Waals surface area contributed by atoms with E-state index in [0.29, 0.717) is 11.7 Å². The van der Waals surface area contributed by atoms with Crippen LogP contribution in [-0.2, 0) is 12.0 Å². The van der Waals surface area contributed by atoms with E-state index in [-0.39, 0.29) is 17.7 Å². The first-order valence-electron chi connectivity index (χ1n) is 5.33. The Kier molecular flexibility index (Phi) is 2.85. The number of hydrogen-bond donors (Lipinski definition) is 1. The van der Waals surface area contributed by atoms with E-state index in [0.717, 1.165) is 0 Å². The van der Waals surface area contributed by atoms with E-state index in [4.69, 9.17) is 9.63 Å². The third-order valence-corrected chi connectivity index (χ3v) is 2.17. The fourth-order valence-corrected chi connectivity index (χ4v) is 1.24. The molecule has 0 unspecified atom stereocenters. The van der Waals surface area contributed by atoms with Crippen LogP contribution in [0, 0.1) is 0 Å². The van der Waals surface area contributed by atoms with Gasteiger partial charge in [0.2, 0.25) is 5.89 Å². The zero-order valence-corrected chi connectivity index (χ0v) is 10.3. The molecule has 0 radical (unpaired) electrons. The molecule has 0 bridgehead atoms. The van der Waals surface area contributed by atoms with Crippen LogP contribution < -0.4 is 0 Å². The minimum atomic E-state index is -1.12. The predicted molar refractivity (Wildman–Crippen MR) is 59.1 cm³/mol. The Morgan fingerprint density at radius 3 is 2.72 bits per heavy atom. The van der Waals surface area contributed by atoms with Gasteiger partial charge in [-0.25, -0.2) is 9.48 Å². The van der Waals surface area contributed by atoms with Gasteiger partial charge in [0.15, 0.2) is 11.5 Å². The molecule has 18 heavy (non-hydrogen) atoms. The highest BCUT2D eigenvalue weighted by molar-refractivity contribution is 5.84. The van der Waals surface area contributed by atoms with Crippen molar-refractivity contribution in [1.29, 1.82) is 0 Å². The molecule has 0 spiro atoms. The van der Waals surface area contributed by atoms with Gasteiger partial charge in [0, 0.05) is 5.41 Å². The lowest BCUT2D eigenvalue weighted by Crippen LogP contribution is -2.12. The minimum absolute atomic E-state index is 0.116. The Hall–Kier alpha value is -2.25. The molecule has 96 valence electrons. The monoisotopic (exact) mass is 251 g/mol. The quantitative estimate of drug-likeness (QED) is 0.855. The van der Waals surface area contributed by atoms with E-state index in [1.165, 1.54) is 10.9 Å². The average Bonchev–Trinajstić information content (AvgIpc) is 2.85. The van der Waals surface area contributed by atoms with E-state index in [2.05, 4.69) is 20.5 Å². The molecule has 0 aliphatic rings. The van der Waals surface area contributed by atoms with Gasteiger partial charge in [-0.15, -0.1) is 5.10 Å². The number of aromatic carboxylic acids is 1. The molecular formula is C10H13N5O3. The van der Waals surface area contributed by atoms with Crippen molar-refractivity contribution in [2.75, 3.05) is 0 Å². The molecule has 1 N–H and O–H groups in total. The summed E-state index contributed by atoms with van der Waals surface area (Å²) >= 11 is 0. The van der Waals surface area contributed by atoms with Gasteiger partial charge in [0.05, 0.1) is 6.20 Å². The summed E-state index contributed by atoms with van der Waals surface area (Å²) < 4.78 is 6.46. The molecule has 0 aromatic carbocycles. The van der Waals surface area contributed by atoms with Gasteiger partial charge >= 0.3 is 5.97 Å². The summed E-state index contributed by atoms with van der Waals surface area (Å²) in [6.07, 6.45) is 1.31. The van der Waals surface area contributed by atoms with E-state index in [1.807, 2.05) is 20.8 Å². The SMILES string of the molecule is CC(C)(C)c1nc(Cn2cc(C(=O)O)nn2)no1. The molecule has 0 atom stereocenters. The first-order chi connectivity index (χ1) is 8.36. The van der Waals surface area contributed by atoms with Crippen molar-refractivity contribution in [3.8, 4) is 0 Å². The molecule has 0 aliphatic carbocycles. The molecule has 0 saturated carbocycles. The number of nitrogens with zero attached hydrogens (tertiary/aromatic N) is 5. The van der Waals surface area contributed by atoms with E-state index in [9.17, 15) is 4.79 Å². The Morgan fingerprint density at radius 2 is 2.22 bits per heavy atom. The smallest absolute Gasteiger partial charge is 0.358 e. The van der Waals surface area contributed by atoms with E-state index in [1.54, 1.807) is 0 Å². The van der Waals surface area contributed by atoms with Crippen LogP contribution in [0.4, 0.5) is 0 Å². The Morgan fingerprint density at radius 1 is 1.50 bits per heavy atom. The summed E-state index contributed by atoms with van der Waals surface area (Å²) in [5.41, 5.74) is -0.339. The third-order valence-electron chi connectivity index (χ3n) is 2.17. The number of carboxylic acids is 1. The second-order valence-electron chi connectivity index (χ2n) is 4.87. The average molecular weight is 251 g/mol. The van der Waals surface area contributed by atoms with E-state index < -0.39 is 5.97 Å². The van der Waals surface area contributed by atoms with Crippen LogP contribution in [0.1, 0.15) is 43.0 Å². The summed E-state index contributed by atoms with van der Waals surface area (Å²) in [7, 11) is 0. The van der Waals surface area contributed by atoms with Crippen molar-refractivity contribution >= 4 is 5.97 Å². The molecule has 0 amide bonds. The first-order valence-corrected chi connectivity index (χ1v) is 5.33. The summed E-state index contributed by atoms with van der Waals surface area (Å²) in [6, 6.07) is 0. The van der Waals surface area contributed by atoms with Crippen molar-refractivity contribution in [2.24, 2.45) is 0 Å². The number of aromatic nitrogens is 5. The van der Waals surface area contributed by atoms with Crippen LogP contribution in [0.3, 0.4) is 0 Å². The molecule has 2 aromatic heterocycles. The summed E-state index contributed by atoms with van der Waals surface area (Å²) in [4.78, 5) is 14.9. The van der Waals surface area contributed by atoms with E-state index >= 15 is 0 Å². The fourth-order valence-electron chi connectivity index (χ4n) is 1.24. The molecular weight excluding hydrogens is 238 g/mol. The molecule has 2 aromatic rings.